The molecule has 0 unspecified atom stereocenters. The molecule has 0 aliphatic heterocycles. The largest absolute Gasteiger partial charge is 0.350 e. The summed E-state index contributed by atoms with van der Waals surface area (Å²) in [6.07, 6.45) is 0. The molecule has 0 radical (unpaired) electrons. The average molecular weight is 433 g/mol. The lowest BCUT2D eigenvalue weighted by molar-refractivity contribution is -0.119. The molecule has 0 bridgehead atoms. The van der Waals surface area contributed by atoms with E-state index in [4.69, 9.17) is 11.6 Å². The van der Waals surface area contributed by atoms with Crippen LogP contribution in [0, 0.1) is 5.82 Å². The summed E-state index contributed by atoms with van der Waals surface area (Å²) in [4.78, 5) is 12.5. The van der Waals surface area contributed by atoms with Crippen molar-refractivity contribution in [1.82, 2.24) is 5.32 Å². The van der Waals surface area contributed by atoms with Gasteiger partial charge in [0.1, 0.15) is 12.4 Å². The number of amides is 1. The van der Waals surface area contributed by atoms with E-state index in [0.29, 0.717) is 10.6 Å². The maximum Gasteiger partial charge on any atom is 0.264 e. The minimum atomic E-state index is -4.16. The predicted molar refractivity (Wildman–Crippen MR) is 111 cm³/mol. The van der Waals surface area contributed by atoms with Crippen molar-refractivity contribution in [3.8, 4) is 0 Å². The first-order valence-electron chi connectivity index (χ1n) is 8.72. The molecule has 29 heavy (non-hydrogen) atoms. The van der Waals surface area contributed by atoms with E-state index in [2.05, 4.69) is 5.32 Å². The van der Waals surface area contributed by atoms with Crippen LogP contribution < -0.4 is 9.62 Å². The number of rotatable bonds is 7. The van der Waals surface area contributed by atoms with E-state index in [1.165, 1.54) is 30.3 Å². The lowest BCUT2D eigenvalue weighted by Crippen LogP contribution is -2.41. The van der Waals surface area contributed by atoms with Gasteiger partial charge in [-0.05, 0) is 35.9 Å². The number of benzene rings is 3. The Bertz CT molecular complexity index is 1110. The van der Waals surface area contributed by atoms with Crippen molar-refractivity contribution in [2.75, 3.05) is 10.8 Å². The molecule has 0 spiro atoms. The Labute approximate surface area is 173 Å². The second kappa shape index (κ2) is 9.07. The maximum atomic E-state index is 14.4. The highest BCUT2D eigenvalue weighted by Gasteiger charge is 2.28. The molecule has 5 nitrogen and oxygen atoms in total. The van der Waals surface area contributed by atoms with Crippen LogP contribution >= 0.6 is 11.6 Å². The van der Waals surface area contributed by atoms with Crippen molar-refractivity contribution in [3.05, 3.63) is 95.3 Å². The molecule has 0 aliphatic rings. The molecule has 0 saturated heterocycles. The summed E-state index contributed by atoms with van der Waals surface area (Å²) in [6.45, 7) is -0.461. The fraction of sp³-hybridized carbons (Fsp3) is 0.0952. The van der Waals surface area contributed by atoms with E-state index < -0.39 is 28.3 Å². The Balaban J connectivity index is 1.87. The molecular formula is C21H18ClFN2O3S. The van der Waals surface area contributed by atoms with E-state index in [1.54, 1.807) is 42.5 Å². The quantitative estimate of drug-likeness (QED) is 0.613. The molecular weight excluding hydrogens is 415 g/mol. The Morgan fingerprint density at radius 2 is 1.55 bits per heavy atom. The number of hydrogen-bond acceptors (Lipinski definition) is 3. The van der Waals surface area contributed by atoms with Gasteiger partial charge in [0.15, 0.2) is 0 Å². The van der Waals surface area contributed by atoms with Crippen molar-refractivity contribution in [3.63, 3.8) is 0 Å². The molecule has 0 atom stereocenters. The smallest absolute Gasteiger partial charge is 0.264 e. The number of hydrogen-bond donors (Lipinski definition) is 1. The molecule has 0 aliphatic carbocycles. The molecule has 8 heteroatoms. The zero-order valence-electron chi connectivity index (χ0n) is 15.3. The molecule has 3 aromatic carbocycles. The second-order valence-electron chi connectivity index (χ2n) is 6.14. The number of nitrogens with zero attached hydrogens (tertiary/aromatic N) is 1. The lowest BCUT2D eigenvalue weighted by atomic mass is 10.2. The molecule has 3 aromatic rings. The van der Waals surface area contributed by atoms with Crippen molar-refractivity contribution >= 4 is 33.2 Å². The van der Waals surface area contributed by atoms with Crippen LogP contribution in [0.2, 0.25) is 5.02 Å². The van der Waals surface area contributed by atoms with Gasteiger partial charge in [-0.25, -0.2) is 12.8 Å². The average Bonchev–Trinajstić information content (AvgIpc) is 2.72. The topological polar surface area (TPSA) is 66.5 Å². The van der Waals surface area contributed by atoms with Crippen molar-refractivity contribution in [1.29, 1.82) is 0 Å². The Hall–Kier alpha value is -2.90. The minimum Gasteiger partial charge on any atom is -0.350 e. The summed E-state index contributed by atoms with van der Waals surface area (Å²) in [7, 11) is -4.16. The summed E-state index contributed by atoms with van der Waals surface area (Å²) in [6, 6.07) is 20.0. The van der Waals surface area contributed by atoms with E-state index >= 15 is 0 Å². The third-order valence-electron chi connectivity index (χ3n) is 4.17. The minimum absolute atomic E-state index is 0.0397. The first kappa shape index (κ1) is 20.8. The van der Waals surface area contributed by atoms with Crippen LogP contribution in [0.4, 0.5) is 10.1 Å². The third kappa shape index (κ3) is 4.93. The van der Waals surface area contributed by atoms with Crippen LogP contribution in [0.1, 0.15) is 5.56 Å². The first-order valence-corrected chi connectivity index (χ1v) is 10.5. The van der Waals surface area contributed by atoms with Gasteiger partial charge in [0, 0.05) is 11.6 Å². The SMILES string of the molecule is O=C(CN(c1ccccc1F)S(=O)(=O)c1ccccc1)NCc1ccccc1Cl. The third-order valence-corrected chi connectivity index (χ3v) is 6.32. The normalized spacial score (nSPS) is 11.1. The van der Waals surface area contributed by atoms with Crippen LogP contribution in [0.25, 0.3) is 0 Å². The van der Waals surface area contributed by atoms with Crippen LogP contribution in [-0.4, -0.2) is 20.9 Å². The highest BCUT2D eigenvalue weighted by molar-refractivity contribution is 7.92. The van der Waals surface area contributed by atoms with Crippen LogP contribution in [0.15, 0.2) is 83.8 Å². The van der Waals surface area contributed by atoms with Crippen molar-refractivity contribution in [2.45, 2.75) is 11.4 Å². The van der Waals surface area contributed by atoms with E-state index in [-0.39, 0.29) is 17.1 Å². The van der Waals surface area contributed by atoms with E-state index in [9.17, 15) is 17.6 Å². The summed E-state index contributed by atoms with van der Waals surface area (Å²) >= 11 is 6.08. The first-order chi connectivity index (χ1) is 13.9. The highest BCUT2D eigenvalue weighted by Crippen LogP contribution is 2.26. The van der Waals surface area contributed by atoms with Gasteiger partial charge in [0.05, 0.1) is 10.6 Å². The number of carbonyl (C=O) groups excluding carboxylic acids is 1. The number of sulfonamides is 1. The predicted octanol–water partition coefficient (Wildman–Crippen LogP) is 3.99. The van der Waals surface area contributed by atoms with Gasteiger partial charge in [0.25, 0.3) is 10.0 Å². The van der Waals surface area contributed by atoms with Gasteiger partial charge in [-0.15, -0.1) is 0 Å². The maximum absolute atomic E-state index is 14.4. The number of halogens is 2. The number of nitrogens with one attached hydrogen (secondary N) is 1. The number of carbonyl (C=O) groups is 1. The zero-order chi connectivity index (χ0) is 20.9. The Kier molecular flexibility index (Phi) is 6.51. The molecule has 1 amide bonds. The number of para-hydroxylation sites is 1. The van der Waals surface area contributed by atoms with Gasteiger partial charge in [-0.2, -0.15) is 0 Å². The van der Waals surface area contributed by atoms with Crippen LogP contribution in [0.5, 0.6) is 0 Å². The van der Waals surface area contributed by atoms with E-state index in [0.717, 1.165) is 10.4 Å². The molecule has 1 N–H and O–H groups in total. The fourth-order valence-electron chi connectivity index (χ4n) is 2.70. The van der Waals surface area contributed by atoms with Crippen LogP contribution in [0.3, 0.4) is 0 Å². The molecule has 0 fully saturated rings. The highest BCUT2D eigenvalue weighted by atomic mass is 35.5. The van der Waals surface area contributed by atoms with Gasteiger partial charge >= 0.3 is 0 Å². The van der Waals surface area contributed by atoms with Crippen molar-refractivity contribution < 1.29 is 17.6 Å². The summed E-state index contributed by atoms with van der Waals surface area (Å²) in [5, 5.41) is 3.11. The monoisotopic (exact) mass is 432 g/mol. The van der Waals surface area contributed by atoms with Gasteiger partial charge in [-0.3, -0.25) is 9.10 Å². The standard InChI is InChI=1S/C21H18ClFN2O3S/c22-18-11-5-4-8-16(18)14-24-21(26)15-25(20-13-7-6-12-19(20)23)29(27,28)17-9-2-1-3-10-17/h1-13H,14-15H2,(H,24,26). The van der Waals surface area contributed by atoms with Gasteiger partial charge in [-0.1, -0.05) is 60.1 Å². The second-order valence-corrected chi connectivity index (χ2v) is 8.41. The van der Waals surface area contributed by atoms with Crippen LogP contribution in [-0.2, 0) is 21.4 Å². The summed E-state index contributed by atoms with van der Waals surface area (Å²) in [5.74, 6) is -1.33. The van der Waals surface area contributed by atoms with E-state index in [1.807, 2.05) is 0 Å². The summed E-state index contributed by atoms with van der Waals surface area (Å²) in [5.41, 5.74) is 0.482. The molecule has 0 heterocycles. The fourth-order valence-corrected chi connectivity index (χ4v) is 4.35. The lowest BCUT2D eigenvalue weighted by Gasteiger charge is -2.24. The molecule has 3 rings (SSSR count). The zero-order valence-corrected chi connectivity index (χ0v) is 16.8. The Morgan fingerprint density at radius 3 is 2.24 bits per heavy atom. The molecule has 0 saturated carbocycles. The van der Waals surface area contributed by atoms with Gasteiger partial charge in [0.2, 0.25) is 5.91 Å². The molecule has 0 aromatic heterocycles. The number of anilines is 1. The van der Waals surface area contributed by atoms with Gasteiger partial charge < -0.3 is 5.32 Å². The van der Waals surface area contributed by atoms with Crippen molar-refractivity contribution in [2.24, 2.45) is 0 Å². The Morgan fingerprint density at radius 1 is 0.931 bits per heavy atom. The molecule has 150 valence electrons. The summed E-state index contributed by atoms with van der Waals surface area (Å²) < 4.78 is 41.4.